The number of anilines is 2. The number of amides is 1. The van der Waals surface area contributed by atoms with Gasteiger partial charge in [0.25, 0.3) is 0 Å². The Morgan fingerprint density at radius 1 is 1.03 bits per heavy atom. The van der Waals surface area contributed by atoms with E-state index in [-0.39, 0.29) is 6.61 Å². The van der Waals surface area contributed by atoms with Gasteiger partial charge in [-0.05, 0) is 68.0 Å². The topological polar surface area (TPSA) is 102 Å². The molecule has 0 radical (unpaired) electrons. The second kappa shape index (κ2) is 11.8. The number of esters is 1. The Hall–Kier alpha value is -3.37. The van der Waals surface area contributed by atoms with Crippen LogP contribution >= 0.6 is 11.3 Å². The second-order valence-electron chi connectivity index (χ2n) is 8.72. The highest BCUT2D eigenvalue weighted by atomic mass is 32.2. The van der Waals surface area contributed by atoms with E-state index in [0.717, 1.165) is 52.2 Å². The summed E-state index contributed by atoms with van der Waals surface area (Å²) >= 11 is 1.36. The molecule has 0 unspecified atom stereocenters. The number of nitrogens with one attached hydrogen (secondary N) is 1. The lowest BCUT2D eigenvalue weighted by Crippen LogP contribution is -2.37. The Balaban J connectivity index is 1.49. The monoisotopic (exact) mass is 542 g/mol. The quantitative estimate of drug-likeness (QED) is 0.370. The van der Waals surface area contributed by atoms with Gasteiger partial charge in [-0.1, -0.05) is 30.3 Å². The van der Waals surface area contributed by atoms with Gasteiger partial charge in [0, 0.05) is 4.88 Å². The van der Waals surface area contributed by atoms with Crippen molar-refractivity contribution >= 4 is 43.9 Å². The maximum absolute atomic E-state index is 13.0. The van der Waals surface area contributed by atoms with Crippen molar-refractivity contribution in [2.75, 3.05) is 29.0 Å². The number of thiophene rings is 1. The van der Waals surface area contributed by atoms with E-state index in [1.54, 1.807) is 31.2 Å². The molecule has 0 saturated carbocycles. The van der Waals surface area contributed by atoms with E-state index in [1.807, 2.05) is 30.3 Å². The molecule has 4 rings (SSSR count). The van der Waals surface area contributed by atoms with E-state index >= 15 is 0 Å². The van der Waals surface area contributed by atoms with Crippen LogP contribution in [0.4, 0.5) is 10.7 Å². The number of carbonyl (C=O) groups is 2. The summed E-state index contributed by atoms with van der Waals surface area (Å²) in [6, 6.07) is 16.2. The van der Waals surface area contributed by atoms with Gasteiger partial charge < -0.3 is 14.8 Å². The predicted molar refractivity (Wildman–Crippen MR) is 145 cm³/mol. The molecule has 1 aliphatic rings. The molecule has 0 fully saturated rings. The van der Waals surface area contributed by atoms with E-state index in [2.05, 4.69) is 5.32 Å². The zero-order valence-corrected chi connectivity index (χ0v) is 22.5. The molecule has 10 heteroatoms. The number of benzene rings is 2. The largest absolute Gasteiger partial charge is 0.489 e. The standard InChI is InChI=1S/C27H30N2O6S2/c1-3-34-27(31)25-22-11-7-8-12-23(22)36-26(25)28-24(30)17-29(37(2,32)33)20-13-15-21(16-14-20)35-18-19-9-5-4-6-10-19/h4-6,9-10,13-16H,3,7-8,11-12,17-18H2,1-2H3,(H,28,30). The van der Waals surface area contributed by atoms with Crippen LogP contribution in [-0.2, 0) is 39.0 Å². The zero-order chi connectivity index (χ0) is 26.4. The molecule has 1 heterocycles. The van der Waals surface area contributed by atoms with Gasteiger partial charge in [0.15, 0.2) is 0 Å². The highest BCUT2D eigenvalue weighted by Crippen LogP contribution is 2.38. The average molecular weight is 543 g/mol. The van der Waals surface area contributed by atoms with Gasteiger partial charge in [0.1, 0.15) is 23.9 Å². The van der Waals surface area contributed by atoms with Crippen molar-refractivity contribution < 1.29 is 27.5 Å². The van der Waals surface area contributed by atoms with Crippen molar-refractivity contribution in [1.82, 2.24) is 0 Å². The first-order valence-corrected chi connectivity index (χ1v) is 14.8. The molecule has 1 amide bonds. The molecule has 0 aliphatic heterocycles. The summed E-state index contributed by atoms with van der Waals surface area (Å²) in [6.45, 7) is 1.90. The molecule has 1 aromatic heterocycles. The third kappa shape index (κ3) is 6.69. The Kier molecular flexibility index (Phi) is 8.50. The van der Waals surface area contributed by atoms with Crippen molar-refractivity contribution in [3.8, 4) is 5.75 Å². The number of fused-ring (bicyclic) bond motifs is 1. The Morgan fingerprint density at radius 3 is 2.41 bits per heavy atom. The Morgan fingerprint density at radius 2 is 1.73 bits per heavy atom. The second-order valence-corrected chi connectivity index (χ2v) is 11.7. The summed E-state index contributed by atoms with van der Waals surface area (Å²) in [7, 11) is -3.77. The van der Waals surface area contributed by atoms with Crippen LogP contribution in [0.25, 0.3) is 0 Å². The molecule has 0 spiro atoms. The molecule has 1 aliphatic carbocycles. The Bertz CT molecular complexity index is 1350. The fraction of sp³-hybridized carbons (Fsp3) is 0.333. The van der Waals surface area contributed by atoms with Gasteiger partial charge in [-0.3, -0.25) is 9.10 Å². The van der Waals surface area contributed by atoms with Gasteiger partial charge in [0.2, 0.25) is 15.9 Å². The maximum atomic E-state index is 13.0. The summed E-state index contributed by atoms with van der Waals surface area (Å²) in [5, 5.41) is 3.19. The third-order valence-corrected chi connectivity index (χ3v) is 8.31. The van der Waals surface area contributed by atoms with Gasteiger partial charge >= 0.3 is 5.97 Å². The van der Waals surface area contributed by atoms with Gasteiger partial charge in [-0.25, -0.2) is 13.2 Å². The maximum Gasteiger partial charge on any atom is 0.341 e. The SMILES string of the molecule is CCOC(=O)c1c(NC(=O)CN(c2ccc(OCc3ccccc3)cc2)S(C)(=O)=O)sc2c1CCCC2. The van der Waals surface area contributed by atoms with Gasteiger partial charge in [-0.15, -0.1) is 11.3 Å². The normalized spacial score (nSPS) is 12.9. The molecule has 0 saturated heterocycles. The highest BCUT2D eigenvalue weighted by Gasteiger charge is 2.28. The third-order valence-electron chi connectivity index (χ3n) is 5.96. The van der Waals surface area contributed by atoms with Gasteiger partial charge in [0.05, 0.1) is 24.1 Å². The van der Waals surface area contributed by atoms with Crippen molar-refractivity contribution in [2.45, 2.75) is 39.2 Å². The van der Waals surface area contributed by atoms with Crippen LogP contribution in [0, 0.1) is 0 Å². The number of ether oxygens (including phenoxy) is 2. The first-order chi connectivity index (χ1) is 17.8. The van der Waals surface area contributed by atoms with E-state index in [9.17, 15) is 18.0 Å². The number of aryl methyl sites for hydroxylation is 1. The number of hydrogen-bond donors (Lipinski definition) is 1. The summed E-state index contributed by atoms with van der Waals surface area (Å²) < 4.78 is 37.2. The lowest BCUT2D eigenvalue weighted by molar-refractivity contribution is -0.114. The molecular weight excluding hydrogens is 512 g/mol. The predicted octanol–water partition coefficient (Wildman–Crippen LogP) is 4.79. The van der Waals surface area contributed by atoms with E-state index in [0.29, 0.717) is 28.6 Å². The highest BCUT2D eigenvalue weighted by molar-refractivity contribution is 7.92. The molecule has 1 N–H and O–H groups in total. The molecule has 3 aromatic rings. The first-order valence-electron chi connectivity index (χ1n) is 12.1. The lowest BCUT2D eigenvalue weighted by Gasteiger charge is -2.22. The van der Waals surface area contributed by atoms with Crippen LogP contribution in [0.15, 0.2) is 54.6 Å². The molecule has 37 heavy (non-hydrogen) atoms. The fourth-order valence-corrected chi connectivity index (χ4v) is 6.37. The van der Waals surface area contributed by atoms with Crippen LogP contribution in [0.5, 0.6) is 5.75 Å². The van der Waals surface area contributed by atoms with Crippen molar-refractivity contribution in [3.63, 3.8) is 0 Å². The smallest absolute Gasteiger partial charge is 0.341 e. The fourth-order valence-electron chi connectivity index (χ4n) is 4.22. The molecule has 196 valence electrons. The molecule has 0 atom stereocenters. The summed E-state index contributed by atoms with van der Waals surface area (Å²) in [5.74, 6) is -0.434. The van der Waals surface area contributed by atoms with E-state index in [1.165, 1.54) is 11.3 Å². The van der Waals surface area contributed by atoms with Crippen LogP contribution in [0.1, 0.15) is 46.1 Å². The molecular formula is C27H30N2O6S2. The number of carbonyl (C=O) groups excluding carboxylic acids is 2. The van der Waals surface area contributed by atoms with E-state index in [4.69, 9.17) is 9.47 Å². The van der Waals surface area contributed by atoms with Crippen LogP contribution in [-0.4, -0.2) is 39.7 Å². The summed E-state index contributed by atoms with van der Waals surface area (Å²) in [6.07, 6.45) is 4.64. The zero-order valence-electron chi connectivity index (χ0n) is 20.9. The number of sulfonamides is 1. The van der Waals surface area contributed by atoms with Crippen molar-refractivity contribution in [3.05, 3.63) is 76.2 Å². The minimum absolute atomic E-state index is 0.226. The summed E-state index contributed by atoms with van der Waals surface area (Å²) in [4.78, 5) is 26.8. The first kappa shape index (κ1) is 26.7. The lowest BCUT2D eigenvalue weighted by atomic mass is 9.95. The molecule has 2 aromatic carbocycles. The summed E-state index contributed by atoms with van der Waals surface area (Å²) in [5.41, 5.74) is 2.66. The average Bonchev–Trinajstić information content (AvgIpc) is 3.24. The minimum Gasteiger partial charge on any atom is -0.489 e. The minimum atomic E-state index is -3.77. The number of rotatable bonds is 10. The number of hydrogen-bond acceptors (Lipinski definition) is 7. The Labute approximate surface area is 221 Å². The molecule has 0 bridgehead atoms. The number of nitrogens with zero attached hydrogens (tertiary/aromatic N) is 1. The van der Waals surface area contributed by atoms with Crippen LogP contribution in [0.3, 0.4) is 0 Å². The van der Waals surface area contributed by atoms with Gasteiger partial charge in [-0.2, -0.15) is 0 Å². The molecule has 8 nitrogen and oxygen atoms in total. The van der Waals surface area contributed by atoms with Crippen molar-refractivity contribution in [1.29, 1.82) is 0 Å². The van der Waals surface area contributed by atoms with Crippen LogP contribution < -0.4 is 14.4 Å². The van der Waals surface area contributed by atoms with E-state index < -0.39 is 28.4 Å². The van der Waals surface area contributed by atoms with Crippen LogP contribution in [0.2, 0.25) is 0 Å². The van der Waals surface area contributed by atoms with Crippen molar-refractivity contribution in [2.24, 2.45) is 0 Å².